The smallest absolute Gasteiger partial charge is 0.213 e. The van der Waals surface area contributed by atoms with E-state index in [1.54, 1.807) is 30.5 Å². The fraction of sp³-hybridized carbons (Fsp3) is 0.154. The van der Waals surface area contributed by atoms with Crippen LogP contribution in [0.3, 0.4) is 0 Å². The first kappa shape index (κ1) is 11.5. The van der Waals surface area contributed by atoms with E-state index in [9.17, 15) is 4.39 Å². The van der Waals surface area contributed by atoms with E-state index in [0.717, 1.165) is 5.56 Å². The van der Waals surface area contributed by atoms with Crippen LogP contribution in [0.25, 0.3) is 0 Å². The number of hydrogen-bond donors (Lipinski definition) is 1. The van der Waals surface area contributed by atoms with Crippen LogP contribution >= 0.6 is 0 Å². The summed E-state index contributed by atoms with van der Waals surface area (Å²) in [5.74, 6) is 0.179. The topological polar surface area (TPSA) is 48.1 Å². The number of aromatic nitrogens is 1. The second-order valence-electron chi connectivity index (χ2n) is 3.59. The van der Waals surface area contributed by atoms with Crippen LogP contribution in [0.5, 0.6) is 5.88 Å². The molecule has 0 saturated heterocycles. The molecule has 0 spiro atoms. The summed E-state index contributed by atoms with van der Waals surface area (Å²) in [6, 6.07) is 10.1. The number of pyridine rings is 1. The fourth-order valence-electron chi connectivity index (χ4n) is 1.42. The molecule has 2 N–H and O–H groups in total. The van der Waals surface area contributed by atoms with Gasteiger partial charge in [0, 0.05) is 24.4 Å². The lowest BCUT2D eigenvalue weighted by Gasteiger charge is -2.06. The molecule has 1 aromatic heterocycles. The van der Waals surface area contributed by atoms with Crippen molar-refractivity contribution in [2.75, 3.05) is 0 Å². The van der Waals surface area contributed by atoms with Crippen LogP contribution in [-0.4, -0.2) is 4.98 Å². The minimum Gasteiger partial charge on any atom is -0.473 e. The molecule has 4 heteroatoms. The molecule has 2 aromatic rings. The van der Waals surface area contributed by atoms with Gasteiger partial charge in [-0.1, -0.05) is 18.2 Å². The van der Waals surface area contributed by atoms with Crippen molar-refractivity contribution in [2.24, 2.45) is 5.73 Å². The Morgan fingerprint density at radius 2 is 2.06 bits per heavy atom. The summed E-state index contributed by atoms with van der Waals surface area (Å²) >= 11 is 0. The molecule has 0 unspecified atom stereocenters. The van der Waals surface area contributed by atoms with Crippen LogP contribution in [0.4, 0.5) is 4.39 Å². The highest BCUT2D eigenvalue weighted by Gasteiger charge is 2.02. The Kier molecular flexibility index (Phi) is 3.67. The van der Waals surface area contributed by atoms with E-state index in [-0.39, 0.29) is 12.4 Å². The van der Waals surface area contributed by atoms with Crippen LogP contribution in [-0.2, 0) is 13.2 Å². The highest BCUT2D eigenvalue weighted by Crippen LogP contribution is 2.13. The zero-order chi connectivity index (χ0) is 12.1. The molecule has 17 heavy (non-hydrogen) atoms. The highest BCUT2D eigenvalue weighted by molar-refractivity contribution is 5.21. The third-order valence-corrected chi connectivity index (χ3v) is 2.37. The largest absolute Gasteiger partial charge is 0.473 e. The quantitative estimate of drug-likeness (QED) is 0.879. The van der Waals surface area contributed by atoms with Gasteiger partial charge >= 0.3 is 0 Å². The van der Waals surface area contributed by atoms with Crippen LogP contribution in [0.2, 0.25) is 0 Å². The summed E-state index contributed by atoms with van der Waals surface area (Å²) in [5, 5.41) is 0. The van der Waals surface area contributed by atoms with Crippen molar-refractivity contribution < 1.29 is 9.13 Å². The molecule has 0 aliphatic rings. The number of hydrogen-bond acceptors (Lipinski definition) is 3. The summed E-state index contributed by atoms with van der Waals surface area (Å²) in [6.07, 6.45) is 1.62. The van der Waals surface area contributed by atoms with E-state index in [2.05, 4.69) is 4.98 Å². The van der Waals surface area contributed by atoms with Gasteiger partial charge in [-0.15, -0.1) is 0 Å². The summed E-state index contributed by atoms with van der Waals surface area (Å²) in [4.78, 5) is 4.03. The van der Waals surface area contributed by atoms with Crippen molar-refractivity contribution in [2.45, 2.75) is 13.2 Å². The summed E-state index contributed by atoms with van der Waals surface area (Å²) < 4.78 is 18.7. The predicted molar refractivity (Wildman–Crippen MR) is 62.9 cm³/mol. The fourth-order valence-corrected chi connectivity index (χ4v) is 1.42. The number of benzene rings is 1. The molecule has 88 valence electrons. The van der Waals surface area contributed by atoms with Crippen LogP contribution in [0.1, 0.15) is 11.1 Å². The maximum atomic E-state index is 13.3. The molecule has 0 amide bonds. The minimum absolute atomic E-state index is 0.160. The number of halogens is 1. The Labute approximate surface area is 99.1 Å². The van der Waals surface area contributed by atoms with Gasteiger partial charge < -0.3 is 10.5 Å². The standard InChI is InChI=1S/C13H13FN2O/c14-12-4-2-1-3-11(12)9-17-13-7-10(8-15)5-6-16-13/h1-7H,8-9,15H2. The SMILES string of the molecule is NCc1ccnc(OCc2ccccc2F)c1. The van der Waals surface area contributed by atoms with Crippen LogP contribution in [0, 0.1) is 5.82 Å². The maximum Gasteiger partial charge on any atom is 0.213 e. The highest BCUT2D eigenvalue weighted by atomic mass is 19.1. The Bertz CT molecular complexity index is 502. The molecule has 3 nitrogen and oxygen atoms in total. The lowest BCUT2D eigenvalue weighted by molar-refractivity contribution is 0.287. The average molecular weight is 232 g/mol. The lowest BCUT2D eigenvalue weighted by atomic mass is 10.2. The second-order valence-corrected chi connectivity index (χ2v) is 3.59. The van der Waals surface area contributed by atoms with Crippen molar-refractivity contribution >= 4 is 0 Å². The molecule has 0 radical (unpaired) electrons. The Hall–Kier alpha value is -1.94. The molecule has 1 aromatic carbocycles. The zero-order valence-corrected chi connectivity index (χ0v) is 9.27. The van der Waals surface area contributed by atoms with Crippen molar-refractivity contribution in [3.8, 4) is 5.88 Å². The van der Waals surface area contributed by atoms with E-state index < -0.39 is 0 Å². The molecule has 0 aliphatic heterocycles. The Morgan fingerprint density at radius 3 is 2.82 bits per heavy atom. The van der Waals surface area contributed by atoms with E-state index in [0.29, 0.717) is 18.0 Å². The molecular formula is C13H13FN2O. The molecule has 0 atom stereocenters. The maximum absolute atomic E-state index is 13.3. The third kappa shape index (κ3) is 3.01. The zero-order valence-electron chi connectivity index (χ0n) is 9.27. The molecule has 0 aliphatic carbocycles. The summed E-state index contributed by atoms with van der Waals surface area (Å²) in [6.45, 7) is 0.590. The lowest BCUT2D eigenvalue weighted by Crippen LogP contribution is -2.01. The molecule has 0 saturated carbocycles. The number of rotatable bonds is 4. The van der Waals surface area contributed by atoms with Gasteiger partial charge in [-0.3, -0.25) is 0 Å². The molecule has 1 heterocycles. The van der Waals surface area contributed by atoms with E-state index >= 15 is 0 Å². The first-order valence-corrected chi connectivity index (χ1v) is 5.31. The first-order chi connectivity index (χ1) is 8.29. The third-order valence-electron chi connectivity index (χ3n) is 2.37. The average Bonchev–Trinajstić information content (AvgIpc) is 2.38. The molecule has 0 bridgehead atoms. The predicted octanol–water partition coefficient (Wildman–Crippen LogP) is 2.26. The van der Waals surface area contributed by atoms with Crippen molar-refractivity contribution in [3.63, 3.8) is 0 Å². The minimum atomic E-state index is -0.275. The number of nitrogens with zero attached hydrogens (tertiary/aromatic N) is 1. The summed E-state index contributed by atoms with van der Waals surface area (Å²) in [7, 11) is 0. The second kappa shape index (κ2) is 5.41. The number of nitrogens with two attached hydrogens (primary N) is 1. The van der Waals surface area contributed by atoms with Gasteiger partial charge in [-0.2, -0.15) is 0 Å². The van der Waals surface area contributed by atoms with Crippen LogP contribution in [0.15, 0.2) is 42.6 Å². The molecule has 0 fully saturated rings. The van der Waals surface area contributed by atoms with Crippen molar-refractivity contribution in [3.05, 3.63) is 59.5 Å². The van der Waals surface area contributed by atoms with E-state index in [1.165, 1.54) is 6.07 Å². The van der Waals surface area contributed by atoms with Gasteiger partial charge in [-0.05, 0) is 17.7 Å². The van der Waals surface area contributed by atoms with Crippen molar-refractivity contribution in [1.82, 2.24) is 4.98 Å². The summed E-state index contributed by atoms with van der Waals surface area (Å²) in [5.41, 5.74) is 6.95. The van der Waals surface area contributed by atoms with Gasteiger partial charge in [-0.25, -0.2) is 9.37 Å². The Balaban J connectivity index is 2.05. The first-order valence-electron chi connectivity index (χ1n) is 5.31. The van der Waals surface area contributed by atoms with Crippen molar-refractivity contribution in [1.29, 1.82) is 0 Å². The van der Waals surface area contributed by atoms with Gasteiger partial charge in [0.15, 0.2) is 0 Å². The van der Waals surface area contributed by atoms with E-state index in [1.807, 2.05) is 6.07 Å². The Morgan fingerprint density at radius 1 is 1.24 bits per heavy atom. The normalized spacial score (nSPS) is 10.2. The van der Waals surface area contributed by atoms with Gasteiger partial charge in [0.05, 0.1) is 0 Å². The molecule has 2 rings (SSSR count). The monoisotopic (exact) mass is 232 g/mol. The van der Waals surface area contributed by atoms with Gasteiger partial charge in [0.2, 0.25) is 5.88 Å². The van der Waals surface area contributed by atoms with Crippen LogP contribution < -0.4 is 10.5 Å². The van der Waals surface area contributed by atoms with E-state index in [4.69, 9.17) is 10.5 Å². The molecular weight excluding hydrogens is 219 g/mol. The van der Waals surface area contributed by atoms with Gasteiger partial charge in [0.1, 0.15) is 12.4 Å². The number of ether oxygens (including phenoxy) is 1. The van der Waals surface area contributed by atoms with Gasteiger partial charge in [0.25, 0.3) is 0 Å².